The van der Waals surface area contributed by atoms with Gasteiger partial charge in [0.15, 0.2) is 0 Å². The van der Waals surface area contributed by atoms with E-state index in [1.54, 1.807) is 24.3 Å². The van der Waals surface area contributed by atoms with Crippen molar-refractivity contribution < 1.29 is 9.21 Å². The molecule has 0 unspecified atom stereocenters. The highest BCUT2D eigenvalue weighted by atomic mass is 35.5. The summed E-state index contributed by atoms with van der Waals surface area (Å²) in [6, 6.07) is 11.1. The van der Waals surface area contributed by atoms with Crippen LogP contribution in [-0.2, 0) is 4.79 Å². The minimum atomic E-state index is -0.121. The standard InChI is InChI=1S/C17H12ClNO2S2/c1-2-9-19-16(20)15(23-17(19)22)10-13-7-8-14(21-13)11-3-5-12(18)6-4-11/h2-8,10H,1,9H2. The second-order valence-electron chi connectivity index (χ2n) is 4.79. The van der Waals surface area contributed by atoms with Crippen LogP contribution in [0.3, 0.4) is 0 Å². The number of halogens is 1. The summed E-state index contributed by atoms with van der Waals surface area (Å²) in [5, 5.41) is 0.673. The lowest BCUT2D eigenvalue weighted by Gasteiger charge is -2.10. The third kappa shape index (κ3) is 3.42. The molecule has 0 bridgehead atoms. The van der Waals surface area contributed by atoms with Gasteiger partial charge in [-0.3, -0.25) is 9.69 Å². The normalized spacial score (nSPS) is 16.4. The number of thioether (sulfide) groups is 1. The number of benzene rings is 1. The predicted molar refractivity (Wildman–Crippen MR) is 99.2 cm³/mol. The van der Waals surface area contributed by atoms with Crippen molar-refractivity contribution >= 4 is 51.9 Å². The number of furan rings is 1. The number of amides is 1. The largest absolute Gasteiger partial charge is 0.457 e. The highest BCUT2D eigenvalue weighted by Gasteiger charge is 2.31. The Morgan fingerprint density at radius 2 is 2.00 bits per heavy atom. The molecule has 0 aliphatic carbocycles. The van der Waals surface area contributed by atoms with Crippen molar-refractivity contribution in [2.24, 2.45) is 0 Å². The Balaban J connectivity index is 1.84. The van der Waals surface area contributed by atoms with Gasteiger partial charge in [-0.15, -0.1) is 6.58 Å². The van der Waals surface area contributed by atoms with Crippen molar-refractivity contribution in [3.63, 3.8) is 0 Å². The Morgan fingerprint density at radius 3 is 2.70 bits per heavy atom. The number of carbonyl (C=O) groups excluding carboxylic acids is 1. The van der Waals surface area contributed by atoms with Crippen LogP contribution in [0.25, 0.3) is 17.4 Å². The maximum Gasteiger partial charge on any atom is 0.266 e. The lowest BCUT2D eigenvalue weighted by molar-refractivity contribution is -0.121. The molecular formula is C17H12ClNO2S2. The number of hydrogen-bond acceptors (Lipinski definition) is 4. The summed E-state index contributed by atoms with van der Waals surface area (Å²) in [4.78, 5) is 14.3. The first kappa shape index (κ1) is 16.1. The summed E-state index contributed by atoms with van der Waals surface area (Å²) >= 11 is 12.4. The Labute approximate surface area is 148 Å². The van der Waals surface area contributed by atoms with Gasteiger partial charge in [0.1, 0.15) is 15.8 Å². The second-order valence-corrected chi connectivity index (χ2v) is 6.90. The van der Waals surface area contributed by atoms with Crippen LogP contribution < -0.4 is 0 Å². The summed E-state index contributed by atoms with van der Waals surface area (Å²) in [6.07, 6.45) is 3.36. The summed E-state index contributed by atoms with van der Waals surface area (Å²) in [7, 11) is 0. The van der Waals surface area contributed by atoms with Gasteiger partial charge < -0.3 is 4.42 Å². The molecule has 6 heteroatoms. The minimum Gasteiger partial charge on any atom is -0.457 e. The van der Waals surface area contributed by atoms with Gasteiger partial charge in [0.2, 0.25) is 0 Å². The number of carbonyl (C=O) groups is 1. The van der Waals surface area contributed by atoms with E-state index in [1.807, 2.05) is 24.3 Å². The third-order valence-corrected chi connectivity index (χ3v) is 4.84. The molecule has 1 aliphatic heterocycles. The third-order valence-electron chi connectivity index (χ3n) is 3.21. The van der Waals surface area contributed by atoms with E-state index in [2.05, 4.69) is 6.58 Å². The number of thiocarbonyl (C=S) groups is 1. The first-order valence-corrected chi connectivity index (χ1v) is 8.41. The Bertz CT molecular complexity index is 808. The predicted octanol–water partition coefficient (Wildman–Crippen LogP) is 4.99. The molecule has 3 rings (SSSR count). The van der Waals surface area contributed by atoms with E-state index >= 15 is 0 Å². The summed E-state index contributed by atoms with van der Waals surface area (Å²) < 4.78 is 6.32. The first-order valence-electron chi connectivity index (χ1n) is 6.80. The van der Waals surface area contributed by atoms with Crippen molar-refractivity contribution in [1.29, 1.82) is 0 Å². The van der Waals surface area contributed by atoms with Crippen LogP contribution in [0.15, 0.2) is 58.4 Å². The number of nitrogens with zero attached hydrogens (tertiary/aromatic N) is 1. The van der Waals surface area contributed by atoms with E-state index in [0.29, 0.717) is 26.6 Å². The van der Waals surface area contributed by atoms with E-state index in [4.69, 9.17) is 28.2 Å². The molecule has 1 aliphatic rings. The first-order chi connectivity index (χ1) is 11.1. The van der Waals surface area contributed by atoms with Crippen molar-refractivity contribution in [2.75, 3.05) is 6.54 Å². The lowest BCUT2D eigenvalue weighted by atomic mass is 10.2. The van der Waals surface area contributed by atoms with Gasteiger partial charge in [0.25, 0.3) is 5.91 Å². The van der Waals surface area contributed by atoms with E-state index in [9.17, 15) is 4.79 Å². The molecule has 0 N–H and O–H groups in total. The summed E-state index contributed by atoms with van der Waals surface area (Å²) in [5.74, 6) is 1.20. The van der Waals surface area contributed by atoms with Gasteiger partial charge in [-0.1, -0.05) is 41.7 Å². The molecule has 1 amide bonds. The van der Waals surface area contributed by atoms with Crippen molar-refractivity contribution in [3.05, 3.63) is 64.7 Å². The van der Waals surface area contributed by atoms with Gasteiger partial charge in [-0.25, -0.2) is 0 Å². The SMILES string of the molecule is C=CCN1C(=O)C(=Cc2ccc(-c3ccc(Cl)cc3)o2)SC1=S. The van der Waals surface area contributed by atoms with Crippen LogP contribution in [0.1, 0.15) is 5.76 Å². The Morgan fingerprint density at radius 1 is 1.26 bits per heavy atom. The van der Waals surface area contributed by atoms with Crippen LogP contribution in [-0.4, -0.2) is 21.7 Å². The average molecular weight is 362 g/mol. The molecule has 1 saturated heterocycles. The smallest absolute Gasteiger partial charge is 0.266 e. The minimum absolute atomic E-state index is 0.121. The zero-order chi connectivity index (χ0) is 16.4. The van der Waals surface area contributed by atoms with Crippen molar-refractivity contribution in [1.82, 2.24) is 4.90 Å². The monoisotopic (exact) mass is 361 g/mol. The topological polar surface area (TPSA) is 33.5 Å². The molecule has 0 saturated carbocycles. The fraction of sp³-hybridized carbons (Fsp3) is 0.0588. The van der Waals surface area contributed by atoms with Gasteiger partial charge in [0, 0.05) is 23.2 Å². The zero-order valence-electron chi connectivity index (χ0n) is 12.0. The van der Waals surface area contributed by atoms with E-state index in [1.165, 1.54) is 16.7 Å². The Kier molecular flexibility index (Phi) is 4.71. The molecule has 1 aromatic heterocycles. The molecule has 2 heterocycles. The molecule has 3 nitrogen and oxygen atoms in total. The molecule has 1 aromatic carbocycles. The highest BCUT2D eigenvalue weighted by Crippen LogP contribution is 2.33. The number of hydrogen-bond donors (Lipinski definition) is 0. The summed E-state index contributed by atoms with van der Waals surface area (Å²) in [5.41, 5.74) is 0.924. The lowest BCUT2D eigenvalue weighted by Crippen LogP contribution is -2.27. The van der Waals surface area contributed by atoms with E-state index in [-0.39, 0.29) is 5.91 Å². The zero-order valence-corrected chi connectivity index (χ0v) is 14.4. The Hall–Kier alpha value is -1.82. The molecule has 116 valence electrons. The fourth-order valence-electron chi connectivity index (χ4n) is 2.12. The van der Waals surface area contributed by atoms with Crippen LogP contribution >= 0.6 is 35.6 Å². The highest BCUT2D eigenvalue weighted by molar-refractivity contribution is 8.26. The maximum atomic E-state index is 12.3. The molecule has 0 spiro atoms. The summed E-state index contributed by atoms with van der Waals surface area (Å²) in [6.45, 7) is 4.05. The number of rotatable bonds is 4. The molecule has 0 radical (unpaired) electrons. The van der Waals surface area contributed by atoms with Crippen LogP contribution in [0, 0.1) is 0 Å². The average Bonchev–Trinajstić information content (AvgIpc) is 3.09. The second kappa shape index (κ2) is 6.74. The van der Waals surface area contributed by atoms with E-state index in [0.717, 1.165) is 11.3 Å². The van der Waals surface area contributed by atoms with Gasteiger partial charge in [-0.2, -0.15) is 0 Å². The van der Waals surface area contributed by atoms with Gasteiger partial charge in [-0.05, 0) is 36.4 Å². The molecular weight excluding hydrogens is 350 g/mol. The van der Waals surface area contributed by atoms with Crippen molar-refractivity contribution in [3.8, 4) is 11.3 Å². The van der Waals surface area contributed by atoms with E-state index < -0.39 is 0 Å². The van der Waals surface area contributed by atoms with Crippen molar-refractivity contribution in [2.45, 2.75) is 0 Å². The van der Waals surface area contributed by atoms with Gasteiger partial charge >= 0.3 is 0 Å². The van der Waals surface area contributed by atoms with Gasteiger partial charge in [0.05, 0.1) is 4.91 Å². The molecule has 0 atom stereocenters. The molecule has 2 aromatic rings. The van der Waals surface area contributed by atoms with Crippen LogP contribution in [0.4, 0.5) is 0 Å². The van der Waals surface area contributed by atoms with Crippen LogP contribution in [0.2, 0.25) is 5.02 Å². The quantitative estimate of drug-likeness (QED) is 0.436. The molecule has 1 fully saturated rings. The maximum absolute atomic E-state index is 12.3. The van der Waals surface area contributed by atoms with Crippen LogP contribution in [0.5, 0.6) is 0 Å². The fourth-order valence-corrected chi connectivity index (χ4v) is 3.50. The molecule has 23 heavy (non-hydrogen) atoms.